The van der Waals surface area contributed by atoms with Crippen molar-refractivity contribution in [2.45, 2.75) is 0 Å². The quantitative estimate of drug-likeness (QED) is 0.885. The van der Waals surface area contributed by atoms with Crippen molar-refractivity contribution in [3.05, 3.63) is 35.2 Å². The molecule has 1 aromatic heterocycles. The van der Waals surface area contributed by atoms with Crippen LogP contribution in [0, 0.1) is 0 Å². The number of aliphatic carboxylic acids is 1. The van der Waals surface area contributed by atoms with E-state index in [0.717, 1.165) is 10.1 Å². The summed E-state index contributed by atoms with van der Waals surface area (Å²) in [6.07, 6.45) is 0. The third-order valence-corrected chi connectivity index (χ3v) is 3.85. The Balaban J connectivity index is 2.28. The van der Waals surface area contributed by atoms with Crippen LogP contribution < -0.4 is 0 Å². The lowest BCUT2D eigenvalue weighted by Gasteiger charge is -2.19. The second kappa shape index (κ2) is 6.49. The lowest BCUT2D eigenvalue weighted by atomic mass is 10.1. The molecule has 6 heteroatoms. The summed E-state index contributed by atoms with van der Waals surface area (Å²) >= 11 is 1.48. The average molecular weight is 293 g/mol. The van der Waals surface area contributed by atoms with Crippen molar-refractivity contribution in [3.63, 3.8) is 0 Å². The van der Waals surface area contributed by atoms with E-state index in [1.54, 1.807) is 5.38 Å². The molecule has 0 unspecified atom stereocenters. The van der Waals surface area contributed by atoms with Gasteiger partial charge in [-0.1, -0.05) is 18.2 Å². The van der Waals surface area contributed by atoms with Crippen molar-refractivity contribution < 1.29 is 19.4 Å². The molecule has 1 amide bonds. The SMILES string of the molecule is COCCN(CC(=O)O)C(=O)c1csc2ccccc12. The van der Waals surface area contributed by atoms with Gasteiger partial charge in [0.1, 0.15) is 6.54 Å². The maximum Gasteiger partial charge on any atom is 0.323 e. The van der Waals surface area contributed by atoms with E-state index in [1.165, 1.54) is 23.3 Å². The third kappa shape index (κ3) is 3.15. The van der Waals surface area contributed by atoms with Gasteiger partial charge in [0.05, 0.1) is 12.2 Å². The van der Waals surface area contributed by atoms with Gasteiger partial charge in [-0.3, -0.25) is 9.59 Å². The Morgan fingerprint density at radius 3 is 2.80 bits per heavy atom. The summed E-state index contributed by atoms with van der Waals surface area (Å²) in [5, 5.41) is 11.5. The molecule has 0 saturated carbocycles. The van der Waals surface area contributed by atoms with Gasteiger partial charge in [-0.25, -0.2) is 0 Å². The minimum Gasteiger partial charge on any atom is -0.480 e. The third-order valence-electron chi connectivity index (χ3n) is 2.89. The highest BCUT2D eigenvalue weighted by Crippen LogP contribution is 2.26. The number of carboxylic acid groups (broad SMARTS) is 1. The monoisotopic (exact) mass is 293 g/mol. The smallest absolute Gasteiger partial charge is 0.323 e. The molecule has 0 radical (unpaired) electrons. The molecule has 0 atom stereocenters. The number of carbonyl (C=O) groups is 2. The number of ether oxygens (including phenoxy) is 1. The number of carboxylic acids is 1. The van der Waals surface area contributed by atoms with Gasteiger partial charge in [0.2, 0.25) is 0 Å². The summed E-state index contributed by atoms with van der Waals surface area (Å²) in [7, 11) is 1.52. The molecule has 2 aromatic rings. The van der Waals surface area contributed by atoms with Crippen molar-refractivity contribution in [1.29, 1.82) is 0 Å². The summed E-state index contributed by atoms with van der Waals surface area (Å²) < 4.78 is 5.94. The number of rotatable bonds is 6. The maximum absolute atomic E-state index is 12.5. The average Bonchev–Trinajstić information content (AvgIpc) is 2.86. The van der Waals surface area contributed by atoms with Crippen LogP contribution in [0.3, 0.4) is 0 Å². The van der Waals surface area contributed by atoms with Crippen molar-refractivity contribution in [3.8, 4) is 0 Å². The second-order valence-corrected chi connectivity index (χ2v) is 5.17. The summed E-state index contributed by atoms with van der Waals surface area (Å²) in [6.45, 7) is 0.235. The van der Waals surface area contributed by atoms with Crippen molar-refractivity contribution in [1.82, 2.24) is 4.90 Å². The molecule has 1 heterocycles. The van der Waals surface area contributed by atoms with Gasteiger partial charge in [0.25, 0.3) is 5.91 Å². The molecule has 1 N–H and O–H groups in total. The maximum atomic E-state index is 12.5. The van der Waals surface area contributed by atoms with E-state index in [0.29, 0.717) is 12.2 Å². The Bertz CT molecular complexity index is 622. The molecule has 20 heavy (non-hydrogen) atoms. The van der Waals surface area contributed by atoms with Gasteiger partial charge < -0.3 is 14.7 Å². The first-order valence-corrected chi connectivity index (χ1v) is 6.97. The fourth-order valence-electron chi connectivity index (χ4n) is 1.93. The fourth-order valence-corrected chi connectivity index (χ4v) is 2.87. The lowest BCUT2D eigenvalue weighted by Crippen LogP contribution is -2.37. The van der Waals surface area contributed by atoms with E-state index >= 15 is 0 Å². The molecule has 0 aliphatic heterocycles. The number of hydrogen-bond donors (Lipinski definition) is 1. The highest BCUT2D eigenvalue weighted by molar-refractivity contribution is 7.17. The topological polar surface area (TPSA) is 66.8 Å². The van der Waals surface area contributed by atoms with Crippen LogP contribution in [0.15, 0.2) is 29.6 Å². The number of amides is 1. The van der Waals surface area contributed by atoms with Crippen LogP contribution in [0.4, 0.5) is 0 Å². The highest BCUT2D eigenvalue weighted by atomic mass is 32.1. The van der Waals surface area contributed by atoms with Crippen molar-refractivity contribution in [2.75, 3.05) is 26.8 Å². The number of nitrogens with zero attached hydrogens (tertiary/aromatic N) is 1. The Morgan fingerprint density at radius 2 is 2.10 bits per heavy atom. The van der Waals surface area contributed by atoms with E-state index in [-0.39, 0.29) is 19.0 Å². The van der Waals surface area contributed by atoms with Crippen LogP contribution in [-0.4, -0.2) is 48.7 Å². The van der Waals surface area contributed by atoms with Gasteiger partial charge in [-0.2, -0.15) is 0 Å². The zero-order valence-corrected chi connectivity index (χ0v) is 11.9. The Morgan fingerprint density at radius 1 is 1.35 bits per heavy atom. The largest absolute Gasteiger partial charge is 0.480 e. The number of benzene rings is 1. The molecule has 0 aliphatic rings. The molecule has 5 nitrogen and oxygen atoms in total. The number of hydrogen-bond acceptors (Lipinski definition) is 4. The van der Waals surface area contributed by atoms with Crippen LogP contribution in [0.25, 0.3) is 10.1 Å². The lowest BCUT2D eigenvalue weighted by molar-refractivity contribution is -0.137. The zero-order valence-electron chi connectivity index (χ0n) is 11.0. The fraction of sp³-hybridized carbons (Fsp3) is 0.286. The summed E-state index contributed by atoms with van der Waals surface area (Å²) in [6, 6.07) is 7.58. The molecule has 0 spiro atoms. The number of methoxy groups -OCH3 is 1. The zero-order chi connectivity index (χ0) is 14.5. The molecular formula is C14H15NO4S. The molecule has 0 bridgehead atoms. The number of thiophene rings is 1. The molecular weight excluding hydrogens is 278 g/mol. The predicted octanol–water partition coefficient (Wildman–Crippen LogP) is 2.07. The molecule has 1 aromatic carbocycles. The van der Waals surface area contributed by atoms with Crippen LogP contribution >= 0.6 is 11.3 Å². The second-order valence-electron chi connectivity index (χ2n) is 4.26. The van der Waals surface area contributed by atoms with Gasteiger partial charge in [-0.05, 0) is 6.07 Å². The summed E-state index contributed by atoms with van der Waals surface area (Å²) in [5.41, 5.74) is 0.544. The van der Waals surface area contributed by atoms with Crippen LogP contribution in [0.2, 0.25) is 0 Å². The first kappa shape index (κ1) is 14.5. The van der Waals surface area contributed by atoms with Crippen molar-refractivity contribution >= 4 is 33.3 Å². The Labute approximate surface area is 120 Å². The van der Waals surface area contributed by atoms with Crippen molar-refractivity contribution in [2.24, 2.45) is 0 Å². The molecule has 2 rings (SSSR count). The van der Waals surface area contributed by atoms with Crippen LogP contribution in [0.5, 0.6) is 0 Å². The van der Waals surface area contributed by atoms with Crippen LogP contribution in [-0.2, 0) is 9.53 Å². The van der Waals surface area contributed by atoms with Gasteiger partial charge in [-0.15, -0.1) is 11.3 Å². The van der Waals surface area contributed by atoms with Gasteiger partial charge >= 0.3 is 5.97 Å². The normalized spacial score (nSPS) is 10.7. The predicted molar refractivity (Wildman–Crippen MR) is 77.2 cm³/mol. The Hall–Kier alpha value is -1.92. The highest BCUT2D eigenvalue weighted by Gasteiger charge is 2.21. The summed E-state index contributed by atoms with van der Waals surface area (Å²) in [4.78, 5) is 24.6. The van der Waals surface area contributed by atoms with E-state index in [9.17, 15) is 9.59 Å². The summed E-state index contributed by atoms with van der Waals surface area (Å²) in [5.74, 6) is -1.31. The van der Waals surface area contributed by atoms with E-state index in [4.69, 9.17) is 9.84 Å². The van der Waals surface area contributed by atoms with Gasteiger partial charge in [0, 0.05) is 29.1 Å². The Kier molecular flexibility index (Phi) is 4.70. The number of fused-ring (bicyclic) bond motifs is 1. The van der Waals surface area contributed by atoms with E-state index in [1.807, 2.05) is 24.3 Å². The number of carbonyl (C=O) groups excluding carboxylic acids is 1. The first-order valence-electron chi connectivity index (χ1n) is 6.09. The minimum absolute atomic E-state index is 0.256. The minimum atomic E-state index is -1.03. The standard InChI is InChI=1S/C14H15NO4S/c1-19-7-6-15(8-13(16)17)14(18)11-9-20-12-5-3-2-4-10(11)12/h2-5,9H,6-8H2,1H3,(H,16,17). The molecule has 106 valence electrons. The van der Waals surface area contributed by atoms with Gasteiger partial charge in [0.15, 0.2) is 0 Å². The molecule has 0 fully saturated rings. The molecule has 0 saturated heterocycles. The van der Waals surface area contributed by atoms with E-state index in [2.05, 4.69) is 0 Å². The van der Waals surface area contributed by atoms with E-state index < -0.39 is 5.97 Å². The first-order chi connectivity index (χ1) is 9.63. The van der Waals surface area contributed by atoms with Crippen LogP contribution in [0.1, 0.15) is 10.4 Å². The molecule has 0 aliphatic carbocycles.